The van der Waals surface area contributed by atoms with Crippen LogP contribution in [0, 0.1) is 0 Å². The standard InChI is InChI=1S/C8H8O3.C6H14O6/c1-11-8(10)6-4-2-3-5-7(6)9;7-1-3(9)5(11)6(12)4(10)2-8/h2-5,9H,1H3;3-12H,1-2H2. The number of hydrogen-bond donors (Lipinski definition) is 7. The number of carbonyl (C=O) groups is 1. The van der Waals surface area contributed by atoms with Gasteiger partial charge in [-0.25, -0.2) is 4.79 Å². The van der Waals surface area contributed by atoms with Gasteiger partial charge in [-0.15, -0.1) is 0 Å². The number of benzene rings is 1. The van der Waals surface area contributed by atoms with Crippen LogP contribution in [0.25, 0.3) is 0 Å². The molecule has 7 N–H and O–H groups in total. The van der Waals surface area contributed by atoms with Crippen LogP contribution in [0.1, 0.15) is 10.4 Å². The van der Waals surface area contributed by atoms with E-state index in [-0.39, 0.29) is 11.3 Å². The lowest BCUT2D eigenvalue weighted by Crippen LogP contribution is -2.46. The van der Waals surface area contributed by atoms with Gasteiger partial charge in [-0.2, -0.15) is 0 Å². The zero-order valence-corrected chi connectivity index (χ0v) is 12.5. The van der Waals surface area contributed by atoms with Gasteiger partial charge in [-0.3, -0.25) is 0 Å². The van der Waals surface area contributed by atoms with E-state index in [2.05, 4.69) is 4.74 Å². The maximum Gasteiger partial charge on any atom is 0.341 e. The van der Waals surface area contributed by atoms with Crippen molar-refractivity contribution in [2.75, 3.05) is 20.3 Å². The minimum Gasteiger partial charge on any atom is -0.507 e. The predicted octanol–water partition coefficient (Wildman–Crippen LogP) is -2.41. The van der Waals surface area contributed by atoms with Crippen molar-refractivity contribution in [2.24, 2.45) is 0 Å². The maximum atomic E-state index is 10.9. The summed E-state index contributed by atoms with van der Waals surface area (Å²) in [5.41, 5.74) is 0.190. The van der Waals surface area contributed by atoms with Gasteiger partial charge < -0.3 is 40.5 Å². The van der Waals surface area contributed by atoms with Gasteiger partial charge in [0.2, 0.25) is 0 Å². The van der Waals surface area contributed by atoms with E-state index in [0.717, 1.165) is 0 Å². The summed E-state index contributed by atoms with van der Waals surface area (Å²) >= 11 is 0. The first-order valence-electron chi connectivity index (χ1n) is 6.60. The summed E-state index contributed by atoms with van der Waals surface area (Å²) in [6.45, 7) is -1.45. The molecule has 0 amide bonds. The number of methoxy groups -OCH3 is 1. The normalized spacial score (nSPS) is 15.6. The second-order valence-electron chi connectivity index (χ2n) is 4.49. The largest absolute Gasteiger partial charge is 0.507 e. The van der Waals surface area contributed by atoms with Crippen molar-refractivity contribution < 1.29 is 45.3 Å². The molecule has 0 aliphatic carbocycles. The Morgan fingerprint density at radius 3 is 1.78 bits per heavy atom. The molecule has 0 saturated heterocycles. The quantitative estimate of drug-likeness (QED) is 0.280. The van der Waals surface area contributed by atoms with Crippen LogP contribution in [0.2, 0.25) is 0 Å². The number of aromatic hydroxyl groups is 1. The Hall–Kier alpha value is -1.75. The molecule has 0 aliphatic heterocycles. The molecule has 0 spiro atoms. The molecule has 0 aromatic heterocycles. The molecule has 0 fully saturated rings. The average Bonchev–Trinajstić information content (AvgIpc) is 2.59. The molecule has 0 saturated carbocycles. The molecule has 9 heteroatoms. The van der Waals surface area contributed by atoms with Gasteiger partial charge in [-0.05, 0) is 12.1 Å². The van der Waals surface area contributed by atoms with Crippen LogP contribution in [0.5, 0.6) is 5.75 Å². The number of aliphatic hydroxyl groups is 6. The second kappa shape index (κ2) is 10.9. The van der Waals surface area contributed by atoms with Gasteiger partial charge in [0.1, 0.15) is 35.7 Å². The van der Waals surface area contributed by atoms with Crippen molar-refractivity contribution in [1.29, 1.82) is 0 Å². The number of esters is 1. The van der Waals surface area contributed by atoms with Gasteiger partial charge in [-0.1, -0.05) is 12.1 Å². The summed E-state index contributed by atoms with van der Waals surface area (Å²) < 4.78 is 4.42. The van der Waals surface area contributed by atoms with E-state index in [1.807, 2.05) is 0 Å². The van der Waals surface area contributed by atoms with Crippen LogP contribution in [-0.4, -0.2) is 86.5 Å². The number of phenolic OH excluding ortho intramolecular Hbond substituents is 1. The van der Waals surface area contributed by atoms with Gasteiger partial charge >= 0.3 is 5.97 Å². The number of rotatable bonds is 6. The smallest absolute Gasteiger partial charge is 0.341 e. The summed E-state index contributed by atoms with van der Waals surface area (Å²) in [6, 6.07) is 6.24. The van der Waals surface area contributed by atoms with E-state index in [0.29, 0.717) is 0 Å². The Labute approximate surface area is 132 Å². The summed E-state index contributed by atoms with van der Waals surface area (Å²) in [7, 11) is 1.27. The molecule has 9 nitrogen and oxygen atoms in total. The molecule has 0 bridgehead atoms. The number of carbonyl (C=O) groups excluding carboxylic acids is 1. The molecule has 1 rings (SSSR count). The number of para-hydroxylation sites is 1. The topological polar surface area (TPSA) is 168 Å². The summed E-state index contributed by atoms with van der Waals surface area (Å²) in [4.78, 5) is 10.9. The van der Waals surface area contributed by atoms with Crippen LogP contribution in [0.3, 0.4) is 0 Å². The third-order valence-corrected chi connectivity index (χ3v) is 2.82. The van der Waals surface area contributed by atoms with E-state index >= 15 is 0 Å². The molecule has 4 unspecified atom stereocenters. The van der Waals surface area contributed by atoms with E-state index in [4.69, 9.17) is 35.7 Å². The molecule has 132 valence electrons. The third kappa shape index (κ3) is 6.91. The van der Waals surface area contributed by atoms with Gasteiger partial charge in [0.15, 0.2) is 0 Å². The monoisotopic (exact) mass is 334 g/mol. The van der Waals surface area contributed by atoms with Crippen LogP contribution in [-0.2, 0) is 4.74 Å². The summed E-state index contributed by atoms with van der Waals surface area (Å²) in [5, 5.41) is 61.3. The molecule has 0 aliphatic rings. The highest BCUT2D eigenvalue weighted by Crippen LogP contribution is 2.15. The highest BCUT2D eigenvalue weighted by Gasteiger charge is 2.29. The predicted molar refractivity (Wildman–Crippen MR) is 77.6 cm³/mol. The van der Waals surface area contributed by atoms with Crippen molar-refractivity contribution in [1.82, 2.24) is 0 Å². The zero-order valence-electron chi connectivity index (χ0n) is 12.5. The number of hydrogen-bond acceptors (Lipinski definition) is 9. The Morgan fingerprint density at radius 2 is 1.43 bits per heavy atom. The third-order valence-electron chi connectivity index (χ3n) is 2.82. The average molecular weight is 334 g/mol. The van der Waals surface area contributed by atoms with Crippen molar-refractivity contribution in [3.63, 3.8) is 0 Å². The van der Waals surface area contributed by atoms with Crippen molar-refractivity contribution in [2.45, 2.75) is 24.4 Å². The fourth-order valence-corrected chi connectivity index (χ4v) is 1.43. The van der Waals surface area contributed by atoms with Crippen LogP contribution in [0.4, 0.5) is 0 Å². The van der Waals surface area contributed by atoms with Crippen molar-refractivity contribution >= 4 is 5.97 Å². The second-order valence-corrected chi connectivity index (χ2v) is 4.49. The summed E-state index contributed by atoms with van der Waals surface area (Å²) in [5.74, 6) is -0.581. The fourth-order valence-electron chi connectivity index (χ4n) is 1.43. The molecule has 0 heterocycles. The Bertz CT molecular complexity index is 451. The molecule has 4 atom stereocenters. The number of aliphatic hydroxyl groups excluding tert-OH is 6. The van der Waals surface area contributed by atoms with Gasteiger partial charge in [0, 0.05) is 0 Å². The first-order chi connectivity index (χ1) is 10.8. The Kier molecular flexibility index (Phi) is 10.1. The molecule has 1 aromatic rings. The first kappa shape index (κ1) is 21.2. The summed E-state index contributed by atoms with van der Waals surface area (Å²) in [6.07, 6.45) is -6.39. The van der Waals surface area contributed by atoms with Crippen LogP contribution < -0.4 is 0 Å². The lowest BCUT2D eigenvalue weighted by Gasteiger charge is -2.24. The molecule has 1 aromatic carbocycles. The lowest BCUT2D eigenvalue weighted by molar-refractivity contribution is -0.123. The molecular weight excluding hydrogens is 312 g/mol. The van der Waals surface area contributed by atoms with E-state index < -0.39 is 43.6 Å². The minimum absolute atomic E-state index is 0.0562. The molecular formula is C14H22O9. The lowest BCUT2D eigenvalue weighted by atomic mass is 10.0. The van der Waals surface area contributed by atoms with Crippen molar-refractivity contribution in [3.8, 4) is 5.75 Å². The zero-order chi connectivity index (χ0) is 18.0. The van der Waals surface area contributed by atoms with E-state index in [9.17, 15) is 4.79 Å². The first-order valence-corrected chi connectivity index (χ1v) is 6.60. The molecule has 23 heavy (non-hydrogen) atoms. The van der Waals surface area contributed by atoms with Crippen molar-refractivity contribution in [3.05, 3.63) is 29.8 Å². The van der Waals surface area contributed by atoms with Gasteiger partial charge in [0.05, 0.1) is 20.3 Å². The SMILES string of the molecule is COC(=O)c1ccccc1O.OCC(O)C(O)C(O)C(O)CO. The number of phenols is 1. The van der Waals surface area contributed by atoms with E-state index in [1.54, 1.807) is 12.1 Å². The van der Waals surface area contributed by atoms with Gasteiger partial charge in [0.25, 0.3) is 0 Å². The molecule has 0 radical (unpaired) electrons. The van der Waals surface area contributed by atoms with Crippen LogP contribution in [0.15, 0.2) is 24.3 Å². The highest BCUT2D eigenvalue weighted by atomic mass is 16.5. The minimum atomic E-state index is -1.67. The van der Waals surface area contributed by atoms with E-state index in [1.165, 1.54) is 19.2 Å². The Morgan fingerprint density at radius 1 is 1.00 bits per heavy atom. The Balaban J connectivity index is 0.000000422. The van der Waals surface area contributed by atoms with Crippen LogP contribution >= 0.6 is 0 Å². The number of ether oxygens (including phenoxy) is 1. The fraction of sp³-hybridized carbons (Fsp3) is 0.500. The highest BCUT2D eigenvalue weighted by molar-refractivity contribution is 5.92. The maximum absolute atomic E-state index is 10.9.